The molecule has 0 radical (unpaired) electrons. The van der Waals surface area contributed by atoms with Gasteiger partial charge in [-0.05, 0) is 44.2 Å². The molecule has 2 rings (SSSR count). The van der Waals surface area contributed by atoms with E-state index >= 15 is 0 Å². The maximum atomic E-state index is 14.1. The minimum Gasteiger partial charge on any atom is -0.313 e. The van der Waals surface area contributed by atoms with Crippen LogP contribution in [0.3, 0.4) is 0 Å². The molecule has 1 N–H and O–H groups in total. The fraction of sp³-hybridized carbons (Fsp3) is 0.625. The fourth-order valence-electron chi connectivity index (χ4n) is 3.33. The molecule has 1 fully saturated rings. The molecule has 1 aromatic carbocycles. The molecule has 0 saturated heterocycles. The van der Waals surface area contributed by atoms with Gasteiger partial charge in [0.2, 0.25) is 0 Å². The summed E-state index contributed by atoms with van der Waals surface area (Å²) in [5, 5.41) is 3.19. The van der Waals surface area contributed by atoms with E-state index in [-0.39, 0.29) is 6.04 Å². The Morgan fingerprint density at radius 2 is 1.95 bits per heavy atom. The first-order chi connectivity index (χ1) is 9.04. The molecule has 1 aliphatic carbocycles. The number of rotatable bonds is 3. The van der Waals surface area contributed by atoms with Crippen molar-refractivity contribution in [2.45, 2.75) is 45.6 Å². The molecule has 0 amide bonds. The van der Waals surface area contributed by atoms with E-state index in [4.69, 9.17) is 0 Å². The Hall–Kier alpha value is -0.960. The molecule has 3 atom stereocenters. The molecule has 0 aliphatic heterocycles. The van der Waals surface area contributed by atoms with Crippen molar-refractivity contribution in [2.24, 2.45) is 11.8 Å². The molecule has 0 heterocycles. The second-order valence-electron chi connectivity index (χ2n) is 5.90. The highest BCUT2D eigenvalue weighted by Crippen LogP contribution is 2.38. The van der Waals surface area contributed by atoms with Gasteiger partial charge in [0.15, 0.2) is 11.6 Å². The number of hydrogen-bond acceptors (Lipinski definition) is 1. The van der Waals surface area contributed by atoms with E-state index in [1.54, 1.807) is 19.1 Å². The van der Waals surface area contributed by atoms with Gasteiger partial charge >= 0.3 is 0 Å². The van der Waals surface area contributed by atoms with E-state index in [1.807, 2.05) is 7.05 Å². The highest BCUT2D eigenvalue weighted by atomic mass is 19.2. The van der Waals surface area contributed by atoms with Gasteiger partial charge in [-0.25, -0.2) is 8.78 Å². The summed E-state index contributed by atoms with van der Waals surface area (Å²) >= 11 is 0. The second-order valence-corrected chi connectivity index (χ2v) is 5.90. The molecule has 0 bridgehead atoms. The number of benzene rings is 1. The van der Waals surface area contributed by atoms with Crippen molar-refractivity contribution in [3.63, 3.8) is 0 Å². The first kappa shape index (κ1) is 14.4. The molecular formula is C16H23F2N. The van der Waals surface area contributed by atoms with E-state index in [2.05, 4.69) is 12.2 Å². The zero-order chi connectivity index (χ0) is 14.0. The van der Waals surface area contributed by atoms with Crippen LogP contribution in [0.2, 0.25) is 0 Å². The third kappa shape index (κ3) is 2.97. The summed E-state index contributed by atoms with van der Waals surface area (Å²) in [6, 6.07) is 3.32. The minimum absolute atomic E-state index is 0.0853. The van der Waals surface area contributed by atoms with Crippen molar-refractivity contribution in [1.82, 2.24) is 5.32 Å². The lowest BCUT2D eigenvalue weighted by Gasteiger charge is -2.33. The van der Waals surface area contributed by atoms with Gasteiger partial charge in [0.1, 0.15) is 0 Å². The van der Waals surface area contributed by atoms with Gasteiger partial charge in [0, 0.05) is 11.6 Å². The summed E-state index contributed by atoms with van der Waals surface area (Å²) < 4.78 is 27.9. The molecule has 106 valence electrons. The van der Waals surface area contributed by atoms with E-state index in [0.717, 1.165) is 12.8 Å². The van der Waals surface area contributed by atoms with Gasteiger partial charge in [-0.2, -0.15) is 0 Å². The Morgan fingerprint density at radius 3 is 2.58 bits per heavy atom. The Kier molecular flexibility index (Phi) is 4.56. The predicted octanol–water partition coefficient (Wildman–Crippen LogP) is 4.36. The smallest absolute Gasteiger partial charge is 0.163 e. The highest BCUT2D eigenvalue weighted by molar-refractivity contribution is 5.28. The first-order valence-corrected chi connectivity index (χ1v) is 7.16. The van der Waals surface area contributed by atoms with Crippen molar-refractivity contribution < 1.29 is 8.78 Å². The van der Waals surface area contributed by atoms with Gasteiger partial charge in [0.05, 0.1) is 0 Å². The Labute approximate surface area is 114 Å². The van der Waals surface area contributed by atoms with Gasteiger partial charge in [-0.1, -0.05) is 31.9 Å². The SMILES string of the molecule is CNC(c1ccc(C)c(F)c1F)C1CCCC(C)C1. The van der Waals surface area contributed by atoms with E-state index in [0.29, 0.717) is 23.0 Å². The summed E-state index contributed by atoms with van der Waals surface area (Å²) in [6.07, 6.45) is 4.60. The number of hydrogen-bond donors (Lipinski definition) is 1. The molecule has 19 heavy (non-hydrogen) atoms. The van der Waals surface area contributed by atoms with E-state index < -0.39 is 11.6 Å². The largest absolute Gasteiger partial charge is 0.313 e. The van der Waals surface area contributed by atoms with Crippen molar-refractivity contribution >= 4 is 0 Å². The monoisotopic (exact) mass is 267 g/mol. The first-order valence-electron chi connectivity index (χ1n) is 7.16. The predicted molar refractivity (Wildman–Crippen MR) is 74.0 cm³/mol. The van der Waals surface area contributed by atoms with Crippen LogP contribution in [0.5, 0.6) is 0 Å². The zero-order valence-corrected chi connectivity index (χ0v) is 12.0. The molecule has 0 spiro atoms. The van der Waals surface area contributed by atoms with Crippen LogP contribution in [0, 0.1) is 30.4 Å². The summed E-state index contributed by atoms with van der Waals surface area (Å²) in [7, 11) is 1.83. The van der Waals surface area contributed by atoms with Crippen LogP contribution in [0.25, 0.3) is 0 Å². The van der Waals surface area contributed by atoms with Crippen molar-refractivity contribution in [3.8, 4) is 0 Å². The summed E-state index contributed by atoms with van der Waals surface area (Å²) in [6.45, 7) is 3.84. The van der Waals surface area contributed by atoms with Crippen LogP contribution in [-0.2, 0) is 0 Å². The average Bonchev–Trinajstić information content (AvgIpc) is 2.40. The maximum Gasteiger partial charge on any atom is 0.163 e. The summed E-state index contributed by atoms with van der Waals surface area (Å²) in [4.78, 5) is 0. The van der Waals surface area contributed by atoms with Crippen LogP contribution in [0.15, 0.2) is 12.1 Å². The number of halogens is 2. The van der Waals surface area contributed by atoms with Crippen LogP contribution in [0.4, 0.5) is 8.78 Å². The Balaban J connectivity index is 2.29. The summed E-state index contributed by atoms with van der Waals surface area (Å²) in [5.74, 6) is -0.322. The topological polar surface area (TPSA) is 12.0 Å². The lowest BCUT2D eigenvalue weighted by atomic mass is 9.76. The van der Waals surface area contributed by atoms with E-state index in [9.17, 15) is 8.78 Å². The van der Waals surface area contributed by atoms with E-state index in [1.165, 1.54) is 12.8 Å². The van der Waals surface area contributed by atoms with Crippen LogP contribution in [-0.4, -0.2) is 7.05 Å². The number of nitrogens with one attached hydrogen (secondary N) is 1. The normalized spacial score (nSPS) is 25.3. The van der Waals surface area contributed by atoms with Crippen LogP contribution in [0.1, 0.15) is 49.8 Å². The third-order valence-corrected chi connectivity index (χ3v) is 4.40. The molecule has 1 saturated carbocycles. The Morgan fingerprint density at radius 1 is 1.21 bits per heavy atom. The molecule has 1 aliphatic rings. The Bertz CT molecular complexity index is 445. The lowest BCUT2D eigenvalue weighted by Crippen LogP contribution is -2.30. The zero-order valence-electron chi connectivity index (χ0n) is 12.0. The maximum absolute atomic E-state index is 14.1. The quantitative estimate of drug-likeness (QED) is 0.858. The van der Waals surface area contributed by atoms with Gasteiger partial charge < -0.3 is 5.32 Å². The molecule has 3 unspecified atom stereocenters. The van der Waals surface area contributed by atoms with Crippen LogP contribution < -0.4 is 5.32 Å². The van der Waals surface area contributed by atoms with Crippen molar-refractivity contribution in [2.75, 3.05) is 7.05 Å². The minimum atomic E-state index is -0.707. The molecule has 1 nitrogen and oxygen atoms in total. The fourth-order valence-corrected chi connectivity index (χ4v) is 3.33. The second kappa shape index (κ2) is 6.00. The molecule has 3 heteroatoms. The van der Waals surface area contributed by atoms with Gasteiger partial charge in [-0.3, -0.25) is 0 Å². The van der Waals surface area contributed by atoms with Crippen molar-refractivity contribution in [1.29, 1.82) is 0 Å². The summed E-state index contributed by atoms with van der Waals surface area (Å²) in [5.41, 5.74) is 0.845. The lowest BCUT2D eigenvalue weighted by molar-refractivity contribution is 0.226. The molecular weight excluding hydrogens is 244 g/mol. The third-order valence-electron chi connectivity index (χ3n) is 4.40. The highest BCUT2D eigenvalue weighted by Gasteiger charge is 2.29. The van der Waals surface area contributed by atoms with Crippen molar-refractivity contribution in [3.05, 3.63) is 34.9 Å². The molecule has 0 aromatic heterocycles. The molecule has 1 aromatic rings. The van der Waals surface area contributed by atoms with Gasteiger partial charge in [0.25, 0.3) is 0 Å². The average molecular weight is 267 g/mol. The standard InChI is InChI=1S/C16H23F2N/c1-10-5-4-6-12(9-10)16(19-3)13-8-7-11(2)14(17)15(13)18/h7-8,10,12,16,19H,4-6,9H2,1-3H3. The van der Waals surface area contributed by atoms with Gasteiger partial charge in [-0.15, -0.1) is 0 Å². The van der Waals surface area contributed by atoms with Crippen LogP contribution >= 0.6 is 0 Å². The number of aryl methyl sites for hydroxylation is 1.